The molecule has 0 unspecified atom stereocenters. The van der Waals surface area contributed by atoms with E-state index in [2.05, 4.69) is 20.9 Å². The van der Waals surface area contributed by atoms with E-state index in [1.54, 1.807) is 13.8 Å². The topological polar surface area (TPSA) is 50.3 Å². The molecule has 1 aromatic heterocycles. The summed E-state index contributed by atoms with van der Waals surface area (Å²) in [5.74, 6) is -0.659. The predicted molar refractivity (Wildman–Crippen MR) is 67.0 cm³/mol. The van der Waals surface area contributed by atoms with Crippen LogP contribution < -0.4 is 0 Å². The lowest BCUT2D eigenvalue weighted by molar-refractivity contribution is 0.371. The summed E-state index contributed by atoms with van der Waals surface area (Å²) in [7, 11) is -3.68. The van der Waals surface area contributed by atoms with Crippen LogP contribution in [-0.4, -0.2) is 35.6 Å². The number of rotatable bonds is 5. The number of aromatic nitrogens is 1. The van der Waals surface area contributed by atoms with E-state index in [9.17, 15) is 12.8 Å². The smallest absolute Gasteiger partial charge is 0.244 e. The average molecular weight is 325 g/mol. The van der Waals surface area contributed by atoms with Crippen molar-refractivity contribution in [1.29, 1.82) is 0 Å². The van der Waals surface area contributed by atoms with Gasteiger partial charge in [0.15, 0.2) is 0 Å². The first-order valence-electron chi connectivity index (χ1n) is 5.08. The summed E-state index contributed by atoms with van der Waals surface area (Å²) >= 11 is 3.20. The lowest BCUT2D eigenvalue weighted by atomic mass is 10.4. The fraction of sp³-hybridized carbons (Fsp3) is 0.500. The molecule has 0 bridgehead atoms. The zero-order valence-electron chi connectivity index (χ0n) is 9.60. The third-order valence-corrected chi connectivity index (χ3v) is 4.56. The van der Waals surface area contributed by atoms with Gasteiger partial charge in [0, 0.05) is 24.1 Å². The molecule has 0 saturated heterocycles. The molecule has 0 spiro atoms. The maximum absolute atomic E-state index is 13.0. The van der Waals surface area contributed by atoms with E-state index in [0.717, 1.165) is 18.5 Å². The van der Waals surface area contributed by atoms with Crippen molar-refractivity contribution in [3.05, 3.63) is 24.3 Å². The van der Waals surface area contributed by atoms with Crippen LogP contribution >= 0.6 is 15.9 Å². The average Bonchev–Trinajstić information content (AvgIpc) is 2.25. The number of pyridine rings is 1. The zero-order valence-corrected chi connectivity index (χ0v) is 12.0. The van der Waals surface area contributed by atoms with Crippen LogP contribution in [0.15, 0.2) is 23.4 Å². The van der Waals surface area contributed by atoms with Crippen molar-refractivity contribution in [2.75, 3.05) is 11.9 Å². The minimum atomic E-state index is -3.68. The van der Waals surface area contributed by atoms with Gasteiger partial charge in [-0.25, -0.2) is 12.8 Å². The molecule has 1 aromatic rings. The standard InChI is InChI=1S/C10H14BrFN2O2S/c1-8(2)14(4-3-11)17(15,16)10-5-9(12)6-13-7-10/h5-8H,3-4H2,1-2H3. The molecule has 0 saturated carbocycles. The second-order valence-electron chi connectivity index (χ2n) is 3.74. The number of alkyl halides is 1. The Morgan fingerprint density at radius 3 is 2.59 bits per heavy atom. The second-order valence-corrected chi connectivity index (χ2v) is 6.42. The number of hydrogen-bond donors (Lipinski definition) is 0. The highest BCUT2D eigenvalue weighted by Gasteiger charge is 2.26. The van der Waals surface area contributed by atoms with E-state index >= 15 is 0 Å². The summed E-state index contributed by atoms with van der Waals surface area (Å²) in [6, 6.07) is 0.784. The summed E-state index contributed by atoms with van der Waals surface area (Å²) in [6.07, 6.45) is 2.13. The van der Waals surface area contributed by atoms with Crippen molar-refractivity contribution >= 4 is 26.0 Å². The summed E-state index contributed by atoms with van der Waals surface area (Å²) in [5, 5.41) is 0.521. The van der Waals surface area contributed by atoms with Gasteiger partial charge in [-0.1, -0.05) is 15.9 Å². The highest BCUT2D eigenvalue weighted by Crippen LogP contribution is 2.18. The van der Waals surface area contributed by atoms with Crippen LogP contribution in [0.1, 0.15) is 13.8 Å². The fourth-order valence-electron chi connectivity index (χ4n) is 1.41. The first-order valence-corrected chi connectivity index (χ1v) is 7.64. The Hall–Kier alpha value is -0.530. The number of nitrogens with zero attached hydrogens (tertiary/aromatic N) is 2. The van der Waals surface area contributed by atoms with Crippen LogP contribution in [-0.2, 0) is 10.0 Å². The Balaban J connectivity index is 3.16. The van der Waals surface area contributed by atoms with Crippen molar-refractivity contribution in [2.24, 2.45) is 0 Å². The van der Waals surface area contributed by atoms with Crippen LogP contribution in [0.25, 0.3) is 0 Å². The SMILES string of the molecule is CC(C)N(CCBr)S(=O)(=O)c1cncc(F)c1. The van der Waals surface area contributed by atoms with Gasteiger partial charge in [-0.2, -0.15) is 4.31 Å². The maximum atomic E-state index is 13.0. The molecule has 0 aromatic carbocycles. The molecule has 1 heterocycles. The molecular weight excluding hydrogens is 311 g/mol. The van der Waals surface area contributed by atoms with Gasteiger partial charge < -0.3 is 0 Å². The molecule has 0 N–H and O–H groups in total. The van der Waals surface area contributed by atoms with Gasteiger partial charge >= 0.3 is 0 Å². The van der Waals surface area contributed by atoms with Crippen molar-refractivity contribution < 1.29 is 12.8 Å². The van der Waals surface area contributed by atoms with Gasteiger partial charge in [-0.05, 0) is 19.9 Å². The van der Waals surface area contributed by atoms with E-state index in [1.807, 2.05) is 0 Å². The normalized spacial score (nSPS) is 12.4. The molecule has 96 valence electrons. The van der Waals surface area contributed by atoms with Crippen LogP contribution in [0, 0.1) is 5.82 Å². The van der Waals surface area contributed by atoms with E-state index < -0.39 is 15.8 Å². The molecule has 0 aliphatic carbocycles. The Labute approximate surface area is 109 Å². The van der Waals surface area contributed by atoms with Gasteiger partial charge in [0.05, 0.1) is 6.20 Å². The van der Waals surface area contributed by atoms with Crippen LogP contribution in [0.5, 0.6) is 0 Å². The van der Waals surface area contributed by atoms with Gasteiger partial charge in [0.1, 0.15) is 10.7 Å². The molecule has 0 fully saturated rings. The lowest BCUT2D eigenvalue weighted by Gasteiger charge is -2.24. The van der Waals surface area contributed by atoms with Gasteiger partial charge in [0.25, 0.3) is 0 Å². The van der Waals surface area contributed by atoms with E-state index in [-0.39, 0.29) is 10.9 Å². The minimum absolute atomic E-state index is 0.118. The molecule has 0 aliphatic rings. The molecule has 0 atom stereocenters. The lowest BCUT2D eigenvalue weighted by Crippen LogP contribution is -2.38. The highest BCUT2D eigenvalue weighted by molar-refractivity contribution is 9.09. The monoisotopic (exact) mass is 324 g/mol. The summed E-state index contributed by atoms with van der Waals surface area (Å²) in [5.41, 5.74) is 0. The van der Waals surface area contributed by atoms with Crippen molar-refractivity contribution in [2.45, 2.75) is 24.8 Å². The van der Waals surface area contributed by atoms with Crippen LogP contribution in [0.2, 0.25) is 0 Å². The molecule has 0 radical (unpaired) electrons. The Morgan fingerprint density at radius 2 is 2.12 bits per heavy atom. The fourth-order valence-corrected chi connectivity index (χ4v) is 3.64. The molecule has 1 rings (SSSR count). The summed E-state index contributed by atoms with van der Waals surface area (Å²) in [4.78, 5) is 3.44. The van der Waals surface area contributed by atoms with Crippen molar-refractivity contribution in [3.63, 3.8) is 0 Å². The third-order valence-electron chi connectivity index (χ3n) is 2.17. The Kier molecular flexibility index (Phi) is 5.03. The molecule has 4 nitrogen and oxygen atoms in total. The Morgan fingerprint density at radius 1 is 1.47 bits per heavy atom. The second kappa shape index (κ2) is 5.88. The van der Waals surface area contributed by atoms with E-state index in [1.165, 1.54) is 4.31 Å². The number of sulfonamides is 1. The highest BCUT2D eigenvalue weighted by atomic mass is 79.9. The minimum Gasteiger partial charge on any atom is -0.260 e. The zero-order chi connectivity index (χ0) is 13.1. The van der Waals surface area contributed by atoms with Crippen LogP contribution in [0.3, 0.4) is 0 Å². The first kappa shape index (κ1) is 14.5. The number of halogens is 2. The Bertz CT molecular complexity index is 479. The molecule has 0 amide bonds. The van der Waals surface area contributed by atoms with Gasteiger partial charge in [-0.3, -0.25) is 4.98 Å². The third kappa shape index (κ3) is 3.46. The summed E-state index contributed by atoms with van der Waals surface area (Å²) < 4.78 is 38.7. The van der Waals surface area contributed by atoms with Crippen molar-refractivity contribution in [1.82, 2.24) is 9.29 Å². The van der Waals surface area contributed by atoms with Crippen LogP contribution in [0.4, 0.5) is 4.39 Å². The van der Waals surface area contributed by atoms with Crippen molar-refractivity contribution in [3.8, 4) is 0 Å². The molecule has 7 heteroatoms. The molecule has 0 aliphatic heterocycles. The summed E-state index contributed by atoms with van der Waals surface area (Å²) in [6.45, 7) is 3.87. The quantitative estimate of drug-likeness (QED) is 0.778. The van der Waals surface area contributed by atoms with Gasteiger partial charge in [0.2, 0.25) is 10.0 Å². The van der Waals surface area contributed by atoms with E-state index in [4.69, 9.17) is 0 Å². The largest absolute Gasteiger partial charge is 0.260 e. The maximum Gasteiger partial charge on any atom is 0.244 e. The number of hydrogen-bond acceptors (Lipinski definition) is 3. The molecule has 17 heavy (non-hydrogen) atoms. The van der Waals surface area contributed by atoms with Gasteiger partial charge in [-0.15, -0.1) is 0 Å². The molecular formula is C10H14BrFN2O2S. The van der Waals surface area contributed by atoms with E-state index in [0.29, 0.717) is 11.9 Å². The predicted octanol–water partition coefficient (Wildman–Crippen LogP) is 2.01. The first-order chi connectivity index (χ1) is 7.89.